The van der Waals surface area contributed by atoms with Gasteiger partial charge in [-0.15, -0.1) is 0 Å². The summed E-state index contributed by atoms with van der Waals surface area (Å²) in [5.74, 6) is -1.65. The van der Waals surface area contributed by atoms with Gasteiger partial charge in [0.2, 0.25) is 5.96 Å². The van der Waals surface area contributed by atoms with Gasteiger partial charge in [0.05, 0.1) is 28.6 Å². The zero-order chi connectivity index (χ0) is 14.0. The molecule has 98 valence electrons. The van der Waals surface area contributed by atoms with E-state index in [0.717, 1.165) is 0 Å². The quantitative estimate of drug-likeness (QED) is 0.360. The Morgan fingerprint density at radius 2 is 2.05 bits per heavy atom. The second-order valence-electron chi connectivity index (χ2n) is 3.60. The average Bonchev–Trinajstić information content (AvgIpc) is 2.73. The molecule has 0 aliphatic carbocycles. The van der Waals surface area contributed by atoms with Crippen molar-refractivity contribution in [3.05, 3.63) is 24.0 Å². The number of nitrogens with one attached hydrogen (secondary N) is 1. The molecule has 0 bridgehead atoms. The molecule has 1 aromatic carbocycles. The summed E-state index contributed by atoms with van der Waals surface area (Å²) in [5, 5.41) is 9.13. The second-order valence-corrected chi connectivity index (χ2v) is 3.60. The van der Waals surface area contributed by atoms with Crippen molar-refractivity contribution in [3.8, 4) is 0 Å². The fourth-order valence-corrected chi connectivity index (χ4v) is 1.52. The number of H-pyrrole nitrogens is 1. The summed E-state index contributed by atoms with van der Waals surface area (Å²) in [4.78, 5) is 25.4. The summed E-state index contributed by atoms with van der Waals surface area (Å²) < 4.78 is 0. The van der Waals surface area contributed by atoms with Gasteiger partial charge in [0.1, 0.15) is 0 Å². The number of nitrogens with zero attached hydrogens (tertiary/aromatic N) is 3. The highest BCUT2D eigenvalue weighted by atomic mass is 16.4. The normalized spacial score (nSPS) is 11.5. The Morgan fingerprint density at radius 3 is 2.68 bits per heavy atom. The molecule has 9 nitrogen and oxygen atoms in total. The van der Waals surface area contributed by atoms with Gasteiger partial charge in [-0.3, -0.25) is 0 Å². The van der Waals surface area contributed by atoms with Gasteiger partial charge >= 0.3 is 5.97 Å². The minimum atomic E-state index is -1.15. The number of benzene rings is 1. The molecule has 0 saturated heterocycles. The Bertz CT molecular complexity index is 697. The summed E-state index contributed by atoms with van der Waals surface area (Å²) in [6.45, 7) is 0. The molecule has 0 aliphatic heterocycles. The minimum Gasteiger partial charge on any atom is -0.478 e. The molecule has 0 saturated carbocycles. The number of rotatable bonds is 2. The zero-order valence-corrected chi connectivity index (χ0v) is 9.66. The van der Waals surface area contributed by atoms with Crippen LogP contribution in [0.2, 0.25) is 0 Å². The molecule has 0 spiro atoms. The lowest BCUT2D eigenvalue weighted by atomic mass is 10.1. The number of carboxylic acid groups (broad SMARTS) is 1. The monoisotopic (exact) mass is 261 g/mol. The Labute approximate surface area is 106 Å². The molecule has 0 aliphatic rings. The smallest absolute Gasteiger partial charge is 0.337 e. The Hall–Kier alpha value is -3.10. The number of hydrogen-bond donors (Lipinski definition) is 5. The van der Waals surface area contributed by atoms with Crippen molar-refractivity contribution >= 4 is 34.6 Å². The van der Waals surface area contributed by atoms with E-state index in [-0.39, 0.29) is 23.2 Å². The summed E-state index contributed by atoms with van der Waals surface area (Å²) in [5.41, 5.74) is 17.0. The number of guanidine groups is 2. The maximum atomic E-state index is 11.2. The third-order valence-electron chi connectivity index (χ3n) is 2.25. The van der Waals surface area contributed by atoms with Crippen LogP contribution in [0.25, 0.3) is 11.0 Å². The van der Waals surface area contributed by atoms with Crippen LogP contribution in [0.3, 0.4) is 0 Å². The number of fused-ring (bicyclic) bond motifs is 1. The van der Waals surface area contributed by atoms with Crippen molar-refractivity contribution in [3.63, 3.8) is 0 Å². The van der Waals surface area contributed by atoms with E-state index in [1.165, 1.54) is 18.5 Å². The maximum absolute atomic E-state index is 11.2. The van der Waals surface area contributed by atoms with Crippen molar-refractivity contribution in [2.75, 3.05) is 0 Å². The summed E-state index contributed by atoms with van der Waals surface area (Å²) in [7, 11) is 0. The van der Waals surface area contributed by atoms with E-state index in [0.29, 0.717) is 11.0 Å². The first kappa shape index (κ1) is 12.4. The molecule has 1 aromatic heterocycles. The topological polar surface area (TPSA) is 169 Å². The van der Waals surface area contributed by atoms with Gasteiger partial charge < -0.3 is 27.3 Å². The van der Waals surface area contributed by atoms with Crippen LogP contribution >= 0.6 is 0 Å². The van der Waals surface area contributed by atoms with Gasteiger partial charge in [-0.25, -0.2) is 14.8 Å². The van der Waals surface area contributed by atoms with Gasteiger partial charge in [-0.05, 0) is 12.1 Å². The average molecular weight is 261 g/mol. The number of aromatic amines is 1. The maximum Gasteiger partial charge on any atom is 0.337 e. The first-order chi connectivity index (χ1) is 8.97. The lowest BCUT2D eigenvalue weighted by molar-refractivity contribution is 0.0698. The number of carboxylic acids is 1. The third-order valence-corrected chi connectivity index (χ3v) is 2.25. The van der Waals surface area contributed by atoms with Crippen LogP contribution in [0.1, 0.15) is 10.4 Å². The molecule has 2 aromatic rings. The van der Waals surface area contributed by atoms with Gasteiger partial charge in [0.15, 0.2) is 5.96 Å². The van der Waals surface area contributed by atoms with Crippen LogP contribution < -0.4 is 17.2 Å². The molecule has 0 unspecified atom stereocenters. The molecule has 8 N–H and O–H groups in total. The Balaban J connectivity index is 2.60. The van der Waals surface area contributed by atoms with Crippen LogP contribution in [0, 0.1) is 0 Å². The fraction of sp³-hybridized carbons (Fsp3) is 0. The summed E-state index contributed by atoms with van der Waals surface area (Å²) in [6.07, 6.45) is 1.45. The van der Waals surface area contributed by atoms with Crippen molar-refractivity contribution in [2.24, 2.45) is 27.2 Å². The molecule has 2 rings (SSSR count). The SMILES string of the molecule is NC(N)=NC(N)=Nc1cc2nc[nH]c2cc1C(=O)O. The molecule has 9 heteroatoms. The minimum absolute atomic E-state index is 0.0366. The van der Waals surface area contributed by atoms with E-state index in [2.05, 4.69) is 20.0 Å². The molecular formula is C10H11N7O2. The number of imidazole rings is 1. The number of nitrogens with two attached hydrogens (primary N) is 3. The van der Waals surface area contributed by atoms with Crippen molar-refractivity contribution in [1.29, 1.82) is 0 Å². The molecule has 0 amide bonds. The molecule has 0 atom stereocenters. The summed E-state index contributed by atoms with van der Waals surface area (Å²) >= 11 is 0. The summed E-state index contributed by atoms with van der Waals surface area (Å²) in [6, 6.07) is 2.89. The third kappa shape index (κ3) is 2.60. The van der Waals surface area contributed by atoms with Crippen LogP contribution in [-0.4, -0.2) is 33.0 Å². The number of aliphatic imine (C=N–C) groups is 2. The highest BCUT2D eigenvalue weighted by Crippen LogP contribution is 2.24. The Morgan fingerprint density at radius 1 is 1.32 bits per heavy atom. The zero-order valence-electron chi connectivity index (χ0n) is 9.66. The predicted molar refractivity (Wildman–Crippen MR) is 70.1 cm³/mol. The van der Waals surface area contributed by atoms with Crippen molar-refractivity contribution < 1.29 is 9.90 Å². The predicted octanol–water partition coefficient (Wildman–Crippen LogP) is -0.519. The molecular weight excluding hydrogens is 250 g/mol. The first-order valence-electron chi connectivity index (χ1n) is 5.11. The number of aromatic nitrogens is 2. The van der Waals surface area contributed by atoms with Crippen LogP contribution in [0.4, 0.5) is 5.69 Å². The van der Waals surface area contributed by atoms with Gasteiger partial charge in [-0.1, -0.05) is 0 Å². The van der Waals surface area contributed by atoms with E-state index < -0.39 is 5.97 Å². The van der Waals surface area contributed by atoms with E-state index in [4.69, 9.17) is 22.3 Å². The lowest BCUT2D eigenvalue weighted by Gasteiger charge is -2.02. The van der Waals surface area contributed by atoms with Gasteiger partial charge in [-0.2, -0.15) is 4.99 Å². The molecule has 19 heavy (non-hydrogen) atoms. The molecule has 1 heterocycles. The van der Waals surface area contributed by atoms with E-state index in [1.54, 1.807) is 0 Å². The van der Waals surface area contributed by atoms with Crippen LogP contribution in [0.5, 0.6) is 0 Å². The lowest BCUT2D eigenvalue weighted by Crippen LogP contribution is -2.26. The molecule has 0 radical (unpaired) electrons. The number of carbonyl (C=O) groups is 1. The van der Waals surface area contributed by atoms with E-state index in [9.17, 15) is 4.79 Å². The van der Waals surface area contributed by atoms with Crippen molar-refractivity contribution in [2.45, 2.75) is 0 Å². The highest BCUT2D eigenvalue weighted by Gasteiger charge is 2.12. The van der Waals surface area contributed by atoms with Crippen molar-refractivity contribution in [1.82, 2.24) is 9.97 Å². The standard InChI is InChI=1S/C10H11N7O2/c11-9(12)17-10(13)16-5-2-7-6(14-3-15-7)1-4(5)8(18)19/h1-3H,(H,14,15)(H,18,19)(H6,11,12,13,16,17). The van der Waals surface area contributed by atoms with Crippen LogP contribution in [0.15, 0.2) is 28.4 Å². The van der Waals surface area contributed by atoms with Gasteiger partial charge in [0.25, 0.3) is 0 Å². The van der Waals surface area contributed by atoms with Crippen LogP contribution in [-0.2, 0) is 0 Å². The number of hydrogen-bond acceptors (Lipinski definition) is 3. The first-order valence-corrected chi connectivity index (χ1v) is 5.11. The largest absolute Gasteiger partial charge is 0.478 e. The highest BCUT2D eigenvalue weighted by molar-refractivity contribution is 6.01. The second kappa shape index (κ2) is 4.64. The van der Waals surface area contributed by atoms with E-state index >= 15 is 0 Å². The van der Waals surface area contributed by atoms with E-state index in [1.807, 2.05) is 0 Å². The fourth-order valence-electron chi connectivity index (χ4n) is 1.52. The Kier molecular flexibility index (Phi) is 3.02. The molecule has 0 fully saturated rings. The number of aromatic carboxylic acids is 1. The van der Waals surface area contributed by atoms with Gasteiger partial charge in [0, 0.05) is 0 Å².